The van der Waals surface area contributed by atoms with Crippen molar-refractivity contribution in [2.75, 3.05) is 18.4 Å². The first-order chi connectivity index (χ1) is 7.84. The van der Waals surface area contributed by atoms with Gasteiger partial charge in [0, 0.05) is 0 Å². The quantitative estimate of drug-likeness (QED) is 0.751. The van der Waals surface area contributed by atoms with Crippen LogP contribution in [0.15, 0.2) is 18.2 Å². The van der Waals surface area contributed by atoms with Gasteiger partial charge in [-0.05, 0) is 0 Å². The molecule has 5 nitrogen and oxygen atoms in total. The van der Waals surface area contributed by atoms with Crippen molar-refractivity contribution >= 4 is 37.6 Å². The molecule has 2 heterocycles. The van der Waals surface area contributed by atoms with Crippen molar-refractivity contribution in [3.63, 3.8) is 0 Å². The standard InChI is InChI=1S/C10H10N4OSe/c15-10(6-4-11-5-6)12-7-2-1-3-8-9(7)14-16-13-8/h1-3,6,11H,4-5H2,(H,12,15). The van der Waals surface area contributed by atoms with E-state index in [2.05, 4.69) is 18.6 Å². The van der Waals surface area contributed by atoms with E-state index in [0.29, 0.717) is 0 Å². The van der Waals surface area contributed by atoms with Crippen LogP contribution in [0.2, 0.25) is 0 Å². The number of aromatic nitrogens is 2. The first kappa shape index (κ1) is 9.96. The van der Waals surface area contributed by atoms with E-state index in [4.69, 9.17) is 0 Å². The van der Waals surface area contributed by atoms with Crippen LogP contribution in [0.3, 0.4) is 0 Å². The van der Waals surface area contributed by atoms with Crippen molar-refractivity contribution in [3.05, 3.63) is 18.2 Å². The molecule has 1 saturated heterocycles. The molecule has 16 heavy (non-hydrogen) atoms. The molecule has 0 saturated carbocycles. The zero-order valence-electron chi connectivity index (χ0n) is 8.43. The molecule has 1 fully saturated rings. The molecule has 1 amide bonds. The third kappa shape index (κ3) is 1.65. The Morgan fingerprint density at radius 1 is 1.44 bits per heavy atom. The number of carbonyl (C=O) groups is 1. The first-order valence-electron chi connectivity index (χ1n) is 5.07. The number of rotatable bonds is 2. The number of anilines is 1. The van der Waals surface area contributed by atoms with Gasteiger partial charge in [-0.15, -0.1) is 0 Å². The van der Waals surface area contributed by atoms with Gasteiger partial charge < -0.3 is 0 Å². The van der Waals surface area contributed by atoms with E-state index < -0.39 is 0 Å². The Kier molecular flexibility index (Phi) is 2.47. The van der Waals surface area contributed by atoms with Gasteiger partial charge in [0.2, 0.25) is 0 Å². The SMILES string of the molecule is O=C(Nc1cccc2n[se]nc12)C1CNC1. The number of amides is 1. The van der Waals surface area contributed by atoms with Crippen molar-refractivity contribution in [1.82, 2.24) is 13.3 Å². The van der Waals surface area contributed by atoms with Crippen LogP contribution < -0.4 is 10.6 Å². The van der Waals surface area contributed by atoms with Crippen molar-refractivity contribution in [2.24, 2.45) is 5.92 Å². The molecule has 0 aliphatic carbocycles. The minimum absolute atomic E-state index is 0.0544. The Morgan fingerprint density at radius 2 is 2.31 bits per heavy atom. The Labute approximate surface area is 98.5 Å². The average molecular weight is 281 g/mol. The van der Waals surface area contributed by atoms with Gasteiger partial charge in [-0.1, -0.05) is 0 Å². The predicted molar refractivity (Wildman–Crippen MR) is 61.5 cm³/mol. The predicted octanol–water partition coefficient (Wildman–Crippen LogP) is -0.155. The fraction of sp³-hybridized carbons (Fsp3) is 0.300. The summed E-state index contributed by atoms with van der Waals surface area (Å²) in [4.78, 5) is 11.8. The summed E-state index contributed by atoms with van der Waals surface area (Å²) in [6.07, 6.45) is 0. The van der Waals surface area contributed by atoms with E-state index in [1.165, 1.54) is 0 Å². The number of benzene rings is 1. The third-order valence-corrected chi connectivity index (χ3v) is 3.83. The summed E-state index contributed by atoms with van der Waals surface area (Å²) in [7, 11) is 0. The van der Waals surface area contributed by atoms with Gasteiger partial charge in [0.15, 0.2) is 0 Å². The Balaban J connectivity index is 1.88. The molecule has 82 valence electrons. The zero-order chi connectivity index (χ0) is 11.0. The van der Waals surface area contributed by atoms with E-state index in [1.807, 2.05) is 18.2 Å². The van der Waals surface area contributed by atoms with Gasteiger partial charge in [0.25, 0.3) is 0 Å². The summed E-state index contributed by atoms with van der Waals surface area (Å²) >= 11 is -0.0544. The molecule has 1 aliphatic rings. The Bertz CT molecular complexity index is 534. The monoisotopic (exact) mass is 282 g/mol. The average Bonchev–Trinajstić information content (AvgIpc) is 2.63. The molecule has 6 heteroatoms. The summed E-state index contributed by atoms with van der Waals surface area (Å²) in [5.41, 5.74) is 2.52. The molecule has 1 aliphatic heterocycles. The van der Waals surface area contributed by atoms with Gasteiger partial charge in [-0.25, -0.2) is 0 Å². The number of nitrogens with one attached hydrogen (secondary N) is 2. The van der Waals surface area contributed by atoms with Crippen LogP contribution in [-0.4, -0.2) is 41.9 Å². The molecule has 0 unspecified atom stereocenters. The third-order valence-electron chi connectivity index (χ3n) is 2.70. The molecule has 1 aromatic carbocycles. The van der Waals surface area contributed by atoms with Crippen molar-refractivity contribution in [3.8, 4) is 0 Å². The number of carbonyl (C=O) groups excluding carboxylic acids is 1. The maximum atomic E-state index is 11.8. The van der Waals surface area contributed by atoms with E-state index in [0.717, 1.165) is 29.8 Å². The fourth-order valence-corrected chi connectivity index (χ4v) is 2.77. The Morgan fingerprint density at radius 3 is 3.06 bits per heavy atom. The van der Waals surface area contributed by atoms with E-state index in [9.17, 15) is 4.79 Å². The molecule has 0 atom stereocenters. The fourth-order valence-electron chi connectivity index (χ4n) is 1.62. The van der Waals surface area contributed by atoms with Gasteiger partial charge in [-0.3, -0.25) is 0 Å². The summed E-state index contributed by atoms with van der Waals surface area (Å²) in [5.74, 6) is 0.168. The molecule has 2 N–H and O–H groups in total. The molecular weight excluding hydrogens is 271 g/mol. The van der Waals surface area contributed by atoms with E-state index in [1.54, 1.807) is 0 Å². The molecule has 0 bridgehead atoms. The Hall–Kier alpha value is -1.23. The molecule has 2 aromatic rings. The normalized spacial score (nSPS) is 16.0. The number of nitrogens with zero attached hydrogens (tertiary/aromatic N) is 2. The van der Waals surface area contributed by atoms with E-state index in [-0.39, 0.29) is 26.8 Å². The topological polar surface area (TPSA) is 66.9 Å². The van der Waals surface area contributed by atoms with E-state index >= 15 is 0 Å². The number of fused-ring (bicyclic) bond motifs is 1. The molecule has 0 radical (unpaired) electrons. The van der Waals surface area contributed by atoms with Crippen molar-refractivity contribution in [2.45, 2.75) is 0 Å². The second-order valence-corrected chi connectivity index (χ2v) is 4.89. The van der Waals surface area contributed by atoms with Crippen LogP contribution in [0, 0.1) is 5.92 Å². The van der Waals surface area contributed by atoms with Crippen LogP contribution in [0.1, 0.15) is 0 Å². The van der Waals surface area contributed by atoms with Crippen molar-refractivity contribution in [1.29, 1.82) is 0 Å². The van der Waals surface area contributed by atoms with Crippen LogP contribution >= 0.6 is 0 Å². The molecule has 0 spiro atoms. The summed E-state index contributed by atoms with van der Waals surface area (Å²) in [5, 5.41) is 6.00. The van der Waals surface area contributed by atoms with Crippen LogP contribution in [0.25, 0.3) is 11.0 Å². The van der Waals surface area contributed by atoms with Crippen LogP contribution in [0.4, 0.5) is 5.69 Å². The van der Waals surface area contributed by atoms with Crippen molar-refractivity contribution < 1.29 is 4.79 Å². The maximum absolute atomic E-state index is 11.8. The summed E-state index contributed by atoms with van der Waals surface area (Å²) < 4.78 is 8.60. The minimum atomic E-state index is -0.0544. The molecule has 3 rings (SSSR count). The van der Waals surface area contributed by atoms with Gasteiger partial charge in [-0.2, -0.15) is 0 Å². The number of hydrogen-bond acceptors (Lipinski definition) is 4. The second-order valence-electron chi connectivity index (χ2n) is 3.78. The van der Waals surface area contributed by atoms with Gasteiger partial charge in [0.1, 0.15) is 0 Å². The zero-order valence-corrected chi connectivity index (χ0v) is 10.1. The molecule has 1 aromatic heterocycles. The van der Waals surface area contributed by atoms with Gasteiger partial charge >= 0.3 is 98.2 Å². The molecular formula is C10H10N4OSe. The van der Waals surface area contributed by atoms with Gasteiger partial charge in [0.05, 0.1) is 0 Å². The van der Waals surface area contributed by atoms with Crippen LogP contribution in [0.5, 0.6) is 0 Å². The second kappa shape index (κ2) is 3.97. The first-order valence-corrected chi connectivity index (χ1v) is 6.60. The number of hydrogen-bond donors (Lipinski definition) is 2. The van der Waals surface area contributed by atoms with Crippen LogP contribution in [-0.2, 0) is 4.79 Å². The summed E-state index contributed by atoms with van der Waals surface area (Å²) in [6.45, 7) is 1.54. The summed E-state index contributed by atoms with van der Waals surface area (Å²) in [6, 6.07) is 5.70.